The van der Waals surface area contributed by atoms with E-state index in [0.717, 1.165) is 12.1 Å². The summed E-state index contributed by atoms with van der Waals surface area (Å²) in [5, 5.41) is 7.04. The van der Waals surface area contributed by atoms with Gasteiger partial charge in [0.15, 0.2) is 5.04 Å². The summed E-state index contributed by atoms with van der Waals surface area (Å²) in [6.07, 6.45) is -2.87. The number of halogens is 3. The van der Waals surface area contributed by atoms with E-state index in [2.05, 4.69) is 9.71 Å². The van der Waals surface area contributed by atoms with E-state index < -0.39 is 26.8 Å². The Bertz CT molecular complexity index is 865. The Balaban J connectivity index is 1.99. The molecule has 0 amide bonds. The van der Waals surface area contributed by atoms with Crippen molar-refractivity contribution in [3.63, 3.8) is 0 Å². The van der Waals surface area contributed by atoms with E-state index in [1.165, 1.54) is 30.5 Å². The lowest BCUT2D eigenvalue weighted by molar-refractivity contribution is -0.137. The van der Waals surface area contributed by atoms with Crippen LogP contribution in [0.2, 0.25) is 0 Å². The zero-order chi connectivity index (χ0) is 18.7. The fourth-order valence-electron chi connectivity index (χ4n) is 2.02. The molecule has 134 valence electrons. The molecule has 0 bridgehead atoms. The molecule has 0 saturated carbocycles. The van der Waals surface area contributed by atoms with E-state index in [0.29, 0.717) is 5.56 Å². The number of sulfonamides is 1. The van der Waals surface area contributed by atoms with Crippen LogP contribution >= 0.6 is 0 Å². The number of nitrogens with one attached hydrogen (secondary N) is 2. The topological polar surface area (TPSA) is 109 Å². The van der Waals surface area contributed by atoms with Crippen LogP contribution in [0.4, 0.5) is 19.0 Å². The monoisotopic (exact) mass is 372 g/mol. The van der Waals surface area contributed by atoms with Crippen molar-refractivity contribution in [1.82, 2.24) is 9.71 Å². The Hall–Kier alpha value is -2.46. The molecule has 6 nitrogen and oxygen atoms in total. The molecule has 0 unspecified atom stereocenters. The minimum Gasteiger partial charge on any atom is -0.383 e. The van der Waals surface area contributed by atoms with Gasteiger partial charge in [-0.2, -0.15) is 13.2 Å². The van der Waals surface area contributed by atoms with Crippen LogP contribution in [0.25, 0.3) is 0 Å². The molecule has 1 aromatic carbocycles. The lowest BCUT2D eigenvalue weighted by Crippen LogP contribution is -2.33. The molecule has 2 rings (SSSR count). The third-order valence-electron chi connectivity index (χ3n) is 3.34. The molecule has 0 radical (unpaired) electrons. The molecule has 1 heterocycles. The van der Waals surface area contributed by atoms with Crippen LogP contribution in [0, 0.1) is 5.41 Å². The average molecular weight is 372 g/mol. The van der Waals surface area contributed by atoms with Crippen LogP contribution in [0.3, 0.4) is 0 Å². The number of pyridine rings is 1. The standard InChI is InChI=1S/C15H15F3N4O2S/c16-15(17,18)11-5-3-10(4-6-11)7-9-22-25(23,24)14(20)12-2-1-8-21-13(12)19/h1-6,8,20,22H,7,9H2,(H2,19,21). The Labute approximate surface area is 142 Å². The molecule has 0 saturated heterocycles. The minimum absolute atomic E-state index is 0.0236. The molecule has 2 aromatic rings. The average Bonchev–Trinajstić information content (AvgIpc) is 2.54. The van der Waals surface area contributed by atoms with Gasteiger partial charge in [-0.15, -0.1) is 0 Å². The number of nitrogens with two attached hydrogens (primary N) is 1. The van der Waals surface area contributed by atoms with Gasteiger partial charge < -0.3 is 5.73 Å². The molecule has 0 aliphatic carbocycles. The highest BCUT2D eigenvalue weighted by Gasteiger charge is 2.29. The normalized spacial score (nSPS) is 12.1. The van der Waals surface area contributed by atoms with Gasteiger partial charge in [0, 0.05) is 12.7 Å². The highest BCUT2D eigenvalue weighted by molar-refractivity contribution is 8.05. The molecule has 10 heteroatoms. The van der Waals surface area contributed by atoms with E-state index in [4.69, 9.17) is 11.1 Å². The zero-order valence-electron chi connectivity index (χ0n) is 12.8. The van der Waals surface area contributed by atoms with E-state index in [9.17, 15) is 21.6 Å². The maximum Gasteiger partial charge on any atom is 0.416 e. The van der Waals surface area contributed by atoms with Crippen molar-refractivity contribution < 1.29 is 21.6 Å². The van der Waals surface area contributed by atoms with Crippen molar-refractivity contribution in [3.8, 4) is 0 Å². The first-order chi connectivity index (χ1) is 11.6. The number of hydrogen-bond donors (Lipinski definition) is 3. The third kappa shape index (κ3) is 4.77. The zero-order valence-corrected chi connectivity index (χ0v) is 13.7. The predicted molar refractivity (Wildman–Crippen MR) is 87.5 cm³/mol. The van der Waals surface area contributed by atoms with E-state index in [1.54, 1.807) is 0 Å². The van der Waals surface area contributed by atoms with Crippen molar-refractivity contribution in [1.29, 1.82) is 5.41 Å². The minimum atomic E-state index is -4.42. The van der Waals surface area contributed by atoms with Crippen molar-refractivity contribution in [2.75, 3.05) is 12.3 Å². The molecule has 0 spiro atoms. The molecule has 0 fully saturated rings. The summed E-state index contributed by atoms with van der Waals surface area (Å²) in [5.41, 5.74) is 5.29. The molecular formula is C15H15F3N4O2S. The molecular weight excluding hydrogens is 357 g/mol. The van der Waals surface area contributed by atoms with E-state index in [1.807, 2.05) is 0 Å². The van der Waals surface area contributed by atoms with Gasteiger partial charge in [0.05, 0.1) is 11.1 Å². The fourth-order valence-corrected chi connectivity index (χ4v) is 2.99. The third-order valence-corrected chi connectivity index (χ3v) is 4.68. The first-order valence-electron chi connectivity index (χ1n) is 7.06. The lowest BCUT2D eigenvalue weighted by atomic mass is 10.1. The van der Waals surface area contributed by atoms with Crippen LogP contribution in [0.15, 0.2) is 42.6 Å². The number of nitrogen functional groups attached to an aromatic ring is 1. The van der Waals surface area contributed by atoms with Gasteiger partial charge in [-0.3, -0.25) is 5.41 Å². The second-order valence-corrected chi connectivity index (χ2v) is 6.81. The second-order valence-electron chi connectivity index (χ2n) is 5.11. The van der Waals surface area contributed by atoms with Gasteiger partial charge in [-0.1, -0.05) is 12.1 Å². The van der Waals surface area contributed by atoms with Gasteiger partial charge in [-0.25, -0.2) is 18.1 Å². The highest BCUT2D eigenvalue weighted by Crippen LogP contribution is 2.29. The smallest absolute Gasteiger partial charge is 0.383 e. The Morgan fingerprint density at radius 3 is 2.40 bits per heavy atom. The number of anilines is 1. The van der Waals surface area contributed by atoms with Crippen LogP contribution in [-0.2, 0) is 22.6 Å². The van der Waals surface area contributed by atoms with Crippen LogP contribution in [0.5, 0.6) is 0 Å². The van der Waals surface area contributed by atoms with Gasteiger partial charge in [0.25, 0.3) is 10.0 Å². The van der Waals surface area contributed by atoms with Gasteiger partial charge in [0.1, 0.15) is 5.82 Å². The van der Waals surface area contributed by atoms with Crippen LogP contribution < -0.4 is 10.5 Å². The van der Waals surface area contributed by atoms with Crippen LogP contribution in [-0.4, -0.2) is 25.0 Å². The number of aromatic nitrogens is 1. The summed E-state index contributed by atoms with van der Waals surface area (Å²) >= 11 is 0. The first-order valence-corrected chi connectivity index (χ1v) is 8.55. The van der Waals surface area contributed by atoms with E-state index in [-0.39, 0.29) is 24.3 Å². The number of nitrogens with zero attached hydrogens (tertiary/aromatic N) is 1. The highest BCUT2D eigenvalue weighted by atomic mass is 32.2. The number of benzene rings is 1. The molecule has 1 aromatic heterocycles. The second kappa shape index (κ2) is 7.19. The molecule has 0 aliphatic heterocycles. The lowest BCUT2D eigenvalue weighted by Gasteiger charge is -2.10. The van der Waals surface area contributed by atoms with Crippen molar-refractivity contribution >= 4 is 20.9 Å². The fraction of sp³-hybridized carbons (Fsp3) is 0.200. The maximum atomic E-state index is 12.5. The van der Waals surface area contributed by atoms with Gasteiger partial charge >= 0.3 is 6.18 Å². The predicted octanol–water partition coefficient (Wildman–Crippen LogP) is 2.17. The van der Waals surface area contributed by atoms with Gasteiger partial charge in [0.2, 0.25) is 0 Å². The van der Waals surface area contributed by atoms with Crippen molar-refractivity contribution in [2.45, 2.75) is 12.6 Å². The summed E-state index contributed by atoms with van der Waals surface area (Å²) in [6, 6.07) is 7.24. The Morgan fingerprint density at radius 1 is 1.20 bits per heavy atom. The summed E-state index contributed by atoms with van der Waals surface area (Å²) in [7, 11) is -4.10. The summed E-state index contributed by atoms with van der Waals surface area (Å²) in [6.45, 7) is -0.0732. The summed E-state index contributed by atoms with van der Waals surface area (Å²) < 4.78 is 63.8. The van der Waals surface area contributed by atoms with Crippen molar-refractivity contribution in [2.24, 2.45) is 0 Å². The SMILES string of the molecule is N=C(c1cccnc1N)S(=O)(=O)NCCc1ccc(C(F)(F)F)cc1. The number of rotatable bonds is 5. The van der Waals surface area contributed by atoms with Gasteiger partial charge in [-0.05, 0) is 36.2 Å². The van der Waals surface area contributed by atoms with Crippen molar-refractivity contribution in [3.05, 3.63) is 59.3 Å². The van der Waals surface area contributed by atoms with E-state index >= 15 is 0 Å². The Kier molecular flexibility index (Phi) is 5.43. The number of hydrogen-bond acceptors (Lipinski definition) is 5. The first kappa shape index (κ1) is 18.9. The molecule has 0 aliphatic rings. The molecule has 4 N–H and O–H groups in total. The summed E-state index contributed by atoms with van der Waals surface area (Å²) in [5.74, 6) is -0.0828. The largest absolute Gasteiger partial charge is 0.416 e. The molecule has 0 atom stereocenters. The number of alkyl halides is 3. The molecule has 25 heavy (non-hydrogen) atoms. The maximum absolute atomic E-state index is 12.5. The summed E-state index contributed by atoms with van der Waals surface area (Å²) in [4.78, 5) is 3.72. The van der Waals surface area contributed by atoms with Crippen LogP contribution in [0.1, 0.15) is 16.7 Å². The Morgan fingerprint density at radius 2 is 1.84 bits per heavy atom. The quantitative estimate of drug-likeness (QED) is 0.552.